The monoisotopic (exact) mass is 259 g/mol. The minimum Gasteiger partial charge on any atom is -0.504 e. The fourth-order valence-electron chi connectivity index (χ4n) is 1.26. The first kappa shape index (κ1) is 12.4. The smallest absolute Gasteiger partial charge is 0.269 e. The lowest BCUT2D eigenvalue weighted by atomic mass is 10.3. The molecular formula is C11H9N5O3. The van der Waals surface area contributed by atoms with Gasteiger partial charge in [0.2, 0.25) is 0 Å². The third kappa shape index (κ3) is 3.00. The van der Waals surface area contributed by atoms with Crippen LogP contribution >= 0.6 is 0 Å². The molecule has 0 bridgehead atoms. The first-order valence-electron chi connectivity index (χ1n) is 5.17. The van der Waals surface area contributed by atoms with Crippen molar-refractivity contribution in [3.05, 3.63) is 46.6 Å². The molecule has 2 rings (SSSR count). The molecule has 0 unspecified atom stereocenters. The molecule has 0 saturated carbocycles. The number of azo groups is 1. The van der Waals surface area contributed by atoms with Crippen molar-refractivity contribution in [3.8, 4) is 5.75 Å². The Morgan fingerprint density at radius 1 is 1.21 bits per heavy atom. The number of non-ortho nitro benzene ring substituents is 1. The van der Waals surface area contributed by atoms with Crippen LogP contribution in [-0.2, 0) is 0 Å². The van der Waals surface area contributed by atoms with Gasteiger partial charge in [0.05, 0.1) is 16.8 Å². The summed E-state index contributed by atoms with van der Waals surface area (Å²) in [6, 6.07) is 6.90. The van der Waals surface area contributed by atoms with Crippen LogP contribution in [0.2, 0.25) is 0 Å². The van der Waals surface area contributed by atoms with Gasteiger partial charge in [0.25, 0.3) is 5.69 Å². The minimum atomic E-state index is -0.497. The Morgan fingerprint density at radius 3 is 2.42 bits per heavy atom. The molecule has 8 heteroatoms. The number of nitrogen functional groups attached to an aromatic ring is 1. The lowest BCUT2D eigenvalue weighted by molar-refractivity contribution is -0.384. The largest absolute Gasteiger partial charge is 0.504 e. The Morgan fingerprint density at radius 2 is 1.84 bits per heavy atom. The molecule has 2 aromatic rings. The van der Waals surface area contributed by atoms with Gasteiger partial charge in [-0.1, -0.05) is 0 Å². The van der Waals surface area contributed by atoms with Crippen LogP contribution < -0.4 is 5.73 Å². The zero-order chi connectivity index (χ0) is 13.8. The summed E-state index contributed by atoms with van der Waals surface area (Å²) in [6.45, 7) is 0. The van der Waals surface area contributed by atoms with Crippen LogP contribution in [0, 0.1) is 10.1 Å². The molecular weight excluding hydrogens is 250 g/mol. The number of nitro groups is 1. The minimum absolute atomic E-state index is 0.00860. The van der Waals surface area contributed by atoms with E-state index in [1.165, 1.54) is 36.5 Å². The van der Waals surface area contributed by atoms with Crippen LogP contribution in [0.5, 0.6) is 5.75 Å². The van der Waals surface area contributed by atoms with Crippen molar-refractivity contribution >= 4 is 22.9 Å². The quantitative estimate of drug-likeness (QED) is 0.497. The van der Waals surface area contributed by atoms with Crippen molar-refractivity contribution in [2.45, 2.75) is 0 Å². The topological polar surface area (TPSA) is 127 Å². The third-order valence-electron chi connectivity index (χ3n) is 2.22. The molecule has 0 spiro atoms. The normalized spacial score (nSPS) is 10.7. The number of rotatable bonds is 3. The predicted octanol–water partition coefficient (Wildman–Crippen LogP) is 2.69. The number of nitrogens with two attached hydrogens (primary N) is 1. The van der Waals surface area contributed by atoms with Gasteiger partial charge < -0.3 is 10.8 Å². The summed E-state index contributed by atoms with van der Waals surface area (Å²) in [7, 11) is 0. The van der Waals surface area contributed by atoms with Gasteiger partial charge in [-0.25, -0.2) is 4.98 Å². The Labute approximate surface area is 107 Å². The number of nitrogens with zero attached hydrogens (tertiary/aromatic N) is 4. The Bertz CT molecular complexity index is 639. The molecule has 1 aromatic carbocycles. The van der Waals surface area contributed by atoms with Crippen molar-refractivity contribution in [1.82, 2.24) is 4.98 Å². The van der Waals surface area contributed by atoms with Gasteiger partial charge in [-0.15, -0.1) is 5.11 Å². The van der Waals surface area contributed by atoms with E-state index in [0.29, 0.717) is 11.4 Å². The van der Waals surface area contributed by atoms with Crippen LogP contribution in [0.25, 0.3) is 0 Å². The zero-order valence-electron chi connectivity index (χ0n) is 9.59. The van der Waals surface area contributed by atoms with Crippen LogP contribution in [0.1, 0.15) is 0 Å². The number of benzene rings is 1. The van der Waals surface area contributed by atoms with Gasteiger partial charge in [-0.2, -0.15) is 5.11 Å². The van der Waals surface area contributed by atoms with Gasteiger partial charge in [-0.3, -0.25) is 10.1 Å². The maximum Gasteiger partial charge on any atom is 0.269 e. The number of nitro benzene ring substituents is 1. The second-order valence-corrected chi connectivity index (χ2v) is 3.57. The molecule has 0 aliphatic heterocycles. The third-order valence-corrected chi connectivity index (χ3v) is 2.22. The van der Waals surface area contributed by atoms with Gasteiger partial charge in [-0.05, 0) is 12.1 Å². The fourth-order valence-corrected chi connectivity index (χ4v) is 1.26. The predicted molar refractivity (Wildman–Crippen MR) is 67.6 cm³/mol. The molecule has 1 heterocycles. The van der Waals surface area contributed by atoms with E-state index in [9.17, 15) is 15.2 Å². The zero-order valence-corrected chi connectivity index (χ0v) is 9.59. The highest BCUT2D eigenvalue weighted by Crippen LogP contribution is 2.25. The number of hydrogen-bond acceptors (Lipinski definition) is 7. The SMILES string of the molecule is Nc1ncc(N=Nc2ccc([N+](=O)[O-])cc2)cc1O. The van der Waals surface area contributed by atoms with Crippen molar-refractivity contribution in [3.63, 3.8) is 0 Å². The summed E-state index contributed by atoms with van der Waals surface area (Å²) in [4.78, 5) is 13.7. The van der Waals surface area contributed by atoms with E-state index in [1.54, 1.807) is 0 Å². The highest BCUT2D eigenvalue weighted by Gasteiger charge is 2.03. The molecule has 0 amide bonds. The summed E-state index contributed by atoms with van der Waals surface area (Å²) < 4.78 is 0. The summed E-state index contributed by atoms with van der Waals surface area (Å²) in [5, 5.41) is 27.5. The molecule has 0 aliphatic rings. The number of hydrogen-bond donors (Lipinski definition) is 2. The van der Waals surface area contributed by atoms with Crippen molar-refractivity contribution in [2.75, 3.05) is 5.73 Å². The molecule has 0 saturated heterocycles. The first-order chi connectivity index (χ1) is 9.06. The summed E-state index contributed by atoms with van der Waals surface area (Å²) in [6.07, 6.45) is 1.35. The molecule has 8 nitrogen and oxygen atoms in total. The van der Waals surface area contributed by atoms with E-state index in [1.807, 2.05) is 0 Å². The fraction of sp³-hybridized carbons (Fsp3) is 0. The molecule has 0 radical (unpaired) electrons. The summed E-state index contributed by atoms with van der Waals surface area (Å²) in [5.41, 5.74) is 6.09. The van der Waals surface area contributed by atoms with Crippen molar-refractivity contribution in [2.24, 2.45) is 10.2 Å². The van der Waals surface area contributed by atoms with Crippen LogP contribution in [0.3, 0.4) is 0 Å². The summed E-state index contributed by atoms with van der Waals surface area (Å²) >= 11 is 0. The van der Waals surface area contributed by atoms with Gasteiger partial charge in [0, 0.05) is 18.2 Å². The van der Waals surface area contributed by atoms with Crippen LogP contribution in [0.15, 0.2) is 46.8 Å². The van der Waals surface area contributed by atoms with Gasteiger partial charge >= 0.3 is 0 Å². The van der Waals surface area contributed by atoms with E-state index in [-0.39, 0.29) is 17.3 Å². The van der Waals surface area contributed by atoms with E-state index < -0.39 is 4.92 Å². The van der Waals surface area contributed by atoms with E-state index >= 15 is 0 Å². The second kappa shape index (κ2) is 5.08. The molecule has 0 aliphatic carbocycles. The number of anilines is 1. The first-order valence-corrected chi connectivity index (χ1v) is 5.17. The second-order valence-electron chi connectivity index (χ2n) is 3.57. The van der Waals surface area contributed by atoms with E-state index in [4.69, 9.17) is 5.73 Å². The van der Waals surface area contributed by atoms with Gasteiger partial charge in [0.15, 0.2) is 11.6 Å². The Kier molecular flexibility index (Phi) is 3.33. The van der Waals surface area contributed by atoms with Gasteiger partial charge in [0.1, 0.15) is 5.69 Å². The number of pyridine rings is 1. The molecule has 0 fully saturated rings. The Hall–Kier alpha value is -3.03. The maximum absolute atomic E-state index is 10.5. The average Bonchev–Trinajstić information content (AvgIpc) is 2.40. The molecule has 0 atom stereocenters. The Balaban J connectivity index is 2.17. The summed E-state index contributed by atoms with van der Waals surface area (Å²) in [5.74, 6) is -0.172. The van der Waals surface area contributed by atoms with Crippen molar-refractivity contribution < 1.29 is 10.0 Å². The molecule has 3 N–H and O–H groups in total. The van der Waals surface area contributed by atoms with E-state index in [2.05, 4.69) is 15.2 Å². The lowest BCUT2D eigenvalue weighted by Gasteiger charge is -1.97. The molecule has 96 valence electrons. The molecule has 19 heavy (non-hydrogen) atoms. The highest BCUT2D eigenvalue weighted by molar-refractivity contribution is 5.52. The standard InChI is InChI=1S/C11H9N5O3/c12-11-10(17)5-8(6-13-11)15-14-7-1-3-9(4-2-7)16(18)19/h1-6,17H,(H2,12,13). The highest BCUT2D eigenvalue weighted by atomic mass is 16.6. The maximum atomic E-state index is 10.5. The lowest BCUT2D eigenvalue weighted by Crippen LogP contribution is -1.88. The van der Waals surface area contributed by atoms with Crippen LogP contribution in [0.4, 0.5) is 22.9 Å². The van der Waals surface area contributed by atoms with Crippen molar-refractivity contribution in [1.29, 1.82) is 0 Å². The molecule has 1 aromatic heterocycles. The number of aromatic nitrogens is 1. The van der Waals surface area contributed by atoms with E-state index in [0.717, 1.165) is 0 Å². The average molecular weight is 259 g/mol. The number of aromatic hydroxyl groups is 1. The van der Waals surface area contributed by atoms with Crippen LogP contribution in [-0.4, -0.2) is 15.0 Å².